The van der Waals surface area contributed by atoms with Gasteiger partial charge in [0.05, 0.1) is 30.0 Å². The van der Waals surface area contributed by atoms with E-state index >= 15 is 0 Å². The molecule has 0 atom stereocenters. The largest absolute Gasteiger partial charge is 0.459 e. The molecule has 0 bridgehead atoms. The first-order valence-electron chi connectivity index (χ1n) is 9.74. The molecule has 4 aromatic rings. The normalized spacial score (nSPS) is 11.1. The average Bonchev–Trinajstić information content (AvgIpc) is 3.45. The third-order valence-electron chi connectivity index (χ3n) is 4.67. The topological polar surface area (TPSA) is 107 Å². The first-order chi connectivity index (χ1) is 14.7. The van der Waals surface area contributed by atoms with Gasteiger partial charge in [-0.1, -0.05) is 19.1 Å². The van der Waals surface area contributed by atoms with Gasteiger partial charge in [0, 0.05) is 19.5 Å². The van der Waals surface area contributed by atoms with Crippen molar-refractivity contribution in [3.8, 4) is 11.7 Å². The number of amides is 1. The first-order valence-corrected chi connectivity index (χ1v) is 9.74. The summed E-state index contributed by atoms with van der Waals surface area (Å²) in [5.74, 6) is 0.973. The van der Waals surface area contributed by atoms with Gasteiger partial charge in [-0.25, -0.2) is 4.98 Å². The maximum absolute atomic E-state index is 12.8. The highest BCUT2D eigenvalue weighted by atomic mass is 16.4. The lowest BCUT2D eigenvalue weighted by molar-refractivity contribution is -0.132. The van der Waals surface area contributed by atoms with Crippen LogP contribution in [0.15, 0.2) is 62.6 Å². The molecule has 0 saturated carbocycles. The van der Waals surface area contributed by atoms with Crippen LogP contribution >= 0.6 is 0 Å². The van der Waals surface area contributed by atoms with Gasteiger partial charge in [-0.2, -0.15) is 0 Å². The van der Waals surface area contributed by atoms with E-state index in [4.69, 9.17) is 8.83 Å². The number of hydrogen-bond acceptors (Lipinski definition) is 7. The van der Waals surface area contributed by atoms with Crippen molar-refractivity contribution >= 4 is 16.8 Å². The van der Waals surface area contributed by atoms with Gasteiger partial charge < -0.3 is 13.7 Å². The van der Waals surface area contributed by atoms with Gasteiger partial charge in [-0.3, -0.25) is 14.2 Å². The Hall–Kier alpha value is -3.75. The molecule has 0 aliphatic rings. The maximum atomic E-state index is 12.8. The second kappa shape index (κ2) is 8.73. The maximum Gasteiger partial charge on any atom is 0.283 e. The number of benzene rings is 1. The molecule has 0 fully saturated rings. The predicted molar refractivity (Wildman–Crippen MR) is 108 cm³/mol. The van der Waals surface area contributed by atoms with E-state index in [1.54, 1.807) is 35.2 Å². The average molecular weight is 407 g/mol. The smallest absolute Gasteiger partial charge is 0.283 e. The molecule has 1 amide bonds. The third kappa shape index (κ3) is 4.14. The summed E-state index contributed by atoms with van der Waals surface area (Å²) in [6.45, 7) is 2.98. The second-order valence-electron chi connectivity index (χ2n) is 6.80. The number of hydrogen-bond donors (Lipinski definition) is 0. The van der Waals surface area contributed by atoms with Crippen molar-refractivity contribution in [3.05, 3.63) is 65.2 Å². The van der Waals surface area contributed by atoms with Crippen LogP contribution in [0.25, 0.3) is 22.6 Å². The quantitative estimate of drug-likeness (QED) is 0.442. The fourth-order valence-corrected chi connectivity index (χ4v) is 3.18. The van der Waals surface area contributed by atoms with Crippen LogP contribution in [0.3, 0.4) is 0 Å². The third-order valence-corrected chi connectivity index (χ3v) is 4.67. The number of furan rings is 1. The number of para-hydroxylation sites is 1. The van der Waals surface area contributed by atoms with Crippen LogP contribution < -0.4 is 5.56 Å². The lowest BCUT2D eigenvalue weighted by Gasteiger charge is -2.20. The summed E-state index contributed by atoms with van der Waals surface area (Å²) in [5.41, 5.74) is 0.483. The Labute approximate surface area is 172 Å². The summed E-state index contributed by atoms with van der Waals surface area (Å²) < 4.78 is 12.3. The Balaban J connectivity index is 1.44. The number of carbonyl (C=O) groups excluding carboxylic acids is 1. The van der Waals surface area contributed by atoms with Crippen molar-refractivity contribution in [2.45, 2.75) is 32.9 Å². The molecule has 0 radical (unpaired) electrons. The highest BCUT2D eigenvalue weighted by Crippen LogP contribution is 2.18. The zero-order chi connectivity index (χ0) is 20.9. The van der Waals surface area contributed by atoms with Gasteiger partial charge >= 0.3 is 0 Å². The SMILES string of the molecule is CCCN(Cc1nnc(-c2ccco2)o1)C(=O)CCn1cnc2ccccc2c1=O. The Morgan fingerprint density at radius 1 is 1.17 bits per heavy atom. The number of nitrogens with zero attached hydrogens (tertiary/aromatic N) is 5. The van der Waals surface area contributed by atoms with Gasteiger partial charge in [-0.05, 0) is 30.7 Å². The fraction of sp³-hybridized carbons (Fsp3) is 0.286. The van der Waals surface area contributed by atoms with Crippen LogP contribution in [0.1, 0.15) is 25.7 Å². The van der Waals surface area contributed by atoms with Crippen LogP contribution in [0.2, 0.25) is 0 Å². The lowest BCUT2D eigenvalue weighted by atomic mass is 10.2. The standard InChI is InChI=1S/C21H21N5O4/c1-2-10-25(13-18-23-24-20(30-18)17-8-5-12-29-17)19(27)9-11-26-14-22-16-7-4-3-6-15(16)21(26)28/h3-8,12,14H,2,9-11,13H2,1H3. The predicted octanol–water partition coefficient (Wildman–Crippen LogP) is 2.87. The number of fused-ring (bicyclic) bond motifs is 1. The molecule has 9 nitrogen and oxygen atoms in total. The summed E-state index contributed by atoms with van der Waals surface area (Å²) >= 11 is 0. The molecule has 4 rings (SSSR count). The van der Waals surface area contributed by atoms with E-state index in [-0.39, 0.29) is 36.9 Å². The highest BCUT2D eigenvalue weighted by Gasteiger charge is 2.18. The fourth-order valence-electron chi connectivity index (χ4n) is 3.18. The molecule has 3 aromatic heterocycles. The van der Waals surface area contributed by atoms with E-state index in [9.17, 15) is 9.59 Å². The van der Waals surface area contributed by atoms with Crippen LogP contribution in [0.5, 0.6) is 0 Å². The molecular weight excluding hydrogens is 386 g/mol. The van der Waals surface area contributed by atoms with Crippen molar-refractivity contribution in [2.24, 2.45) is 0 Å². The van der Waals surface area contributed by atoms with Crippen LogP contribution in [0.4, 0.5) is 0 Å². The lowest BCUT2D eigenvalue weighted by Crippen LogP contribution is -2.33. The molecule has 0 spiro atoms. The van der Waals surface area contributed by atoms with E-state index in [0.717, 1.165) is 6.42 Å². The van der Waals surface area contributed by atoms with Crippen molar-refractivity contribution in [3.63, 3.8) is 0 Å². The van der Waals surface area contributed by atoms with Crippen LogP contribution in [-0.4, -0.2) is 37.1 Å². The Morgan fingerprint density at radius 3 is 2.83 bits per heavy atom. The summed E-state index contributed by atoms with van der Waals surface area (Å²) in [5, 5.41) is 8.51. The Bertz CT molecular complexity index is 1200. The summed E-state index contributed by atoms with van der Waals surface area (Å²) in [6, 6.07) is 10.6. The highest BCUT2D eigenvalue weighted by molar-refractivity contribution is 5.77. The number of rotatable bonds is 8. The molecule has 0 unspecified atom stereocenters. The molecule has 1 aromatic carbocycles. The zero-order valence-corrected chi connectivity index (χ0v) is 16.5. The minimum absolute atomic E-state index is 0.102. The van der Waals surface area contributed by atoms with E-state index in [0.29, 0.717) is 29.1 Å². The molecule has 0 aliphatic heterocycles. The minimum Gasteiger partial charge on any atom is -0.459 e. The van der Waals surface area contributed by atoms with Crippen molar-refractivity contribution < 1.29 is 13.6 Å². The molecular formula is C21H21N5O4. The summed E-state index contributed by atoms with van der Waals surface area (Å²) in [6.07, 6.45) is 3.95. The monoisotopic (exact) mass is 407 g/mol. The van der Waals surface area contributed by atoms with Gasteiger partial charge in [0.1, 0.15) is 0 Å². The van der Waals surface area contributed by atoms with Crippen LogP contribution in [-0.2, 0) is 17.9 Å². The first kappa shape index (κ1) is 19.6. The van der Waals surface area contributed by atoms with Crippen LogP contribution in [0, 0.1) is 0 Å². The minimum atomic E-state index is -0.157. The van der Waals surface area contributed by atoms with Gasteiger partial charge in [0.2, 0.25) is 11.8 Å². The Morgan fingerprint density at radius 2 is 2.03 bits per heavy atom. The molecule has 154 valence electrons. The Kier molecular flexibility index (Phi) is 5.69. The van der Waals surface area contributed by atoms with E-state index in [1.807, 2.05) is 13.0 Å². The van der Waals surface area contributed by atoms with Crippen molar-refractivity contribution in [1.29, 1.82) is 0 Å². The number of aryl methyl sites for hydroxylation is 1. The molecule has 0 aliphatic carbocycles. The number of aromatic nitrogens is 4. The molecule has 0 N–H and O–H groups in total. The van der Waals surface area contributed by atoms with Gasteiger partial charge in [-0.15, -0.1) is 10.2 Å². The second-order valence-corrected chi connectivity index (χ2v) is 6.80. The van der Waals surface area contributed by atoms with E-state index < -0.39 is 0 Å². The molecule has 3 heterocycles. The molecule has 9 heteroatoms. The van der Waals surface area contributed by atoms with Gasteiger partial charge in [0.15, 0.2) is 5.76 Å². The van der Waals surface area contributed by atoms with E-state index in [2.05, 4.69) is 15.2 Å². The van der Waals surface area contributed by atoms with Crippen molar-refractivity contribution in [1.82, 2.24) is 24.6 Å². The number of carbonyl (C=O) groups is 1. The molecule has 30 heavy (non-hydrogen) atoms. The zero-order valence-electron chi connectivity index (χ0n) is 16.5. The van der Waals surface area contributed by atoms with E-state index in [1.165, 1.54) is 17.2 Å². The van der Waals surface area contributed by atoms with Crippen molar-refractivity contribution in [2.75, 3.05) is 6.54 Å². The van der Waals surface area contributed by atoms with Gasteiger partial charge in [0.25, 0.3) is 11.4 Å². The summed E-state index contributed by atoms with van der Waals surface area (Å²) in [7, 11) is 0. The summed E-state index contributed by atoms with van der Waals surface area (Å²) in [4.78, 5) is 31.3. The molecule has 0 saturated heterocycles.